The Kier molecular flexibility index (Phi) is 5.69. The summed E-state index contributed by atoms with van der Waals surface area (Å²) >= 11 is 0. The SMILES string of the molecule is CCN(CC)C(=O)C(C)NCCn1cccn1. The average molecular weight is 238 g/mol. The Hall–Kier alpha value is -1.36. The number of likely N-dealkylation sites (N-methyl/N-ethyl adjacent to an activating group) is 1. The monoisotopic (exact) mass is 238 g/mol. The van der Waals surface area contributed by atoms with E-state index in [9.17, 15) is 4.79 Å². The maximum absolute atomic E-state index is 11.9. The van der Waals surface area contributed by atoms with E-state index in [2.05, 4.69) is 10.4 Å². The first-order chi connectivity index (χ1) is 8.19. The summed E-state index contributed by atoms with van der Waals surface area (Å²) in [6.07, 6.45) is 3.67. The molecule has 1 aromatic heterocycles. The highest BCUT2D eigenvalue weighted by Crippen LogP contribution is 1.94. The maximum Gasteiger partial charge on any atom is 0.239 e. The van der Waals surface area contributed by atoms with E-state index in [-0.39, 0.29) is 11.9 Å². The first kappa shape index (κ1) is 13.7. The molecule has 1 N–H and O–H groups in total. The summed E-state index contributed by atoms with van der Waals surface area (Å²) in [6, 6.07) is 1.76. The van der Waals surface area contributed by atoms with E-state index in [4.69, 9.17) is 0 Å². The molecule has 1 atom stereocenters. The third-order valence-corrected chi connectivity index (χ3v) is 2.80. The van der Waals surface area contributed by atoms with Crippen molar-refractivity contribution in [3.05, 3.63) is 18.5 Å². The first-order valence-corrected chi connectivity index (χ1v) is 6.18. The van der Waals surface area contributed by atoms with Crippen LogP contribution in [-0.2, 0) is 11.3 Å². The highest BCUT2D eigenvalue weighted by Gasteiger charge is 2.16. The van der Waals surface area contributed by atoms with Gasteiger partial charge in [0, 0.05) is 32.0 Å². The molecule has 0 aliphatic carbocycles. The van der Waals surface area contributed by atoms with Crippen LogP contribution in [0.5, 0.6) is 0 Å². The summed E-state index contributed by atoms with van der Waals surface area (Å²) < 4.78 is 1.85. The zero-order valence-corrected chi connectivity index (χ0v) is 10.9. The van der Waals surface area contributed by atoms with Gasteiger partial charge in [0.15, 0.2) is 0 Å². The molecule has 0 radical (unpaired) electrons. The number of hydrogen-bond acceptors (Lipinski definition) is 3. The lowest BCUT2D eigenvalue weighted by Crippen LogP contribution is -2.45. The van der Waals surface area contributed by atoms with Crippen molar-refractivity contribution < 1.29 is 4.79 Å². The van der Waals surface area contributed by atoms with Gasteiger partial charge in [-0.05, 0) is 26.8 Å². The molecule has 0 aromatic carbocycles. The Balaban J connectivity index is 2.28. The number of nitrogens with zero attached hydrogens (tertiary/aromatic N) is 3. The van der Waals surface area contributed by atoms with E-state index in [0.29, 0.717) is 0 Å². The van der Waals surface area contributed by atoms with Gasteiger partial charge in [-0.3, -0.25) is 9.48 Å². The van der Waals surface area contributed by atoms with Gasteiger partial charge >= 0.3 is 0 Å². The van der Waals surface area contributed by atoms with Crippen LogP contribution >= 0.6 is 0 Å². The van der Waals surface area contributed by atoms with Crippen molar-refractivity contribution in [1.82, 2.24) is 20.0 Å². The quantitative estimate of drug-likeness (QED) is 0.762. The van der Waals surface area contributed by atoms with E-state index < -0.39 is 0 Å². The summed E-state index contributed by atoms with van der Waals surface area (Å²) in [7, 11) is 0. The van der Waals surface area contributed by atoms with Crippen molar-refractivity contribution in [3.8, 4) is 0 Å². The summed E-state index contributed by atoms with van der Waals surface area (Å²) in [4.78, 5) is 13.8. The average Bonchev–Trinajstić information content (AvgIpc) is 2.83. The normalized spacial score (nSPS) is 12.4. The summed E-state index contributed by atoms with van der Waals surface area (Å²) in [5.41, 5.74) is 0. The van der Waals surface area contributed by atoms with Gasteiger partial charge in [0.25, 0.3) is 0 Å². The minimum atomic E-state index is -0.134. The number of nitrogens with one attached hydrogen (secondary N) is 1. The van der Waals surface area contributed by atoms with Gasteiger partial charge in [-0.25, -0.2) is 0 Å². The molecule has 1 aromatic rings. The van der Waals surface area contributed by atoms with Crippen molar-refractivity contribution in [2.45, 2.75) is 33.4 Å². The molecular formula is C12H22N4O. The highest BCUT2D eigenvalue weighted by atomic mass is 16.2. The van der Waals surface area contributed by atoms with Crippen LogP contribution < -0.4 is 5.32 Å². The Morgan fingerprint density at radius 1 is 1.47 bits per heavy atom. The van der Waals surface area contributed by atoms with Crippen LogP contribution in [-0.4, -0.2) is 46.3 Å². The second-order valence-electron chi connectivity index (χ2n) is 3.96. The topological polar surface area (TPSA) is 50.2 Å². The number of carbonyl (C=O) groups is 1. The van der Waals surface area contributed by atoms with Crippen molar-refractivity contribution in [2.24, 2.45) is 0 Å². The highest BCUT2D eigenvalue weighted by molar-refractivity contribution is 5.81. The molecule has 0 aliphatic heterocycles. The van der Waals surface area contributed by atoms with Gasteiger partial charge in [-0.1, -0.05) is 0 Å². The first-order valence-electron chi connectivity index (χ1n) is 6.18. The van der Waals surface area contributed by atoms with Crippen molar-refractivity contribution in [1.29, 1.82) is 0 Å². The predicted molar refractivity (Wildman–Crippen MR) is 67.6 cm³/mol. The van der Waals surface area contributed by atoms with Gasteiger partial charge in [0.1, 0.15) is 0 Å². The van der Waals surface area contributed by atoms with E-state index in [1.165, 1.54) is 0 Å². The Bertz CT molecular complexity index is 319. The van der Waals surface area contributed by atoms with Crippen molar-refractivity contribution in [2.75, 3.05) is 19.6 Å². The van der Waals surface area contributed by atoms with Crippen molar-refractivity contribution >= 4 is 5.91 Å². The zero-order valence-electron chi connectivity index (χ0n) is 10.9. The third-order valence-electron chi connectivity index (χ3n) is 2.80. The number of hydrogen-bond donors (Lipinski definition) is 1. The Morgan fingerprint density at radius 3 is 2.71 bits per heavy atom. The molecule has 1 heterocycles. The van der Waals surface area contributed by atoms with E-state index >= 15 is 0 Å². The summed E-state index contributed by atoms with van der Waals surface area (Å²) in [6.45, 7) is 8.96. The van der Waals surface area contributed by atoms with Crippen LogP contribution in [0, 0.1) is 0 Å². The number of rotatable bonds is 7. The summed E-state index contributed by atoms with van der Waals surface area (Å²) in [5, 5.41) is 7.32. The Morgan fingerprint density at radius 2 is 2.18 bits per heavy atom. The fourth-order valence-electron chi connectivity index (χ4n) is 1.72. The van der Waals surface area contributed by atoms with Crippen LogP contribution in [0.15, 0.2) is 18.5 Å². The molecule has 0 aliphatic rings. The fourth-order valence-corrected chi connectivity index (χ4v) is 1.72. The lowest BCUT2D eigenvalue weighted by Gasteiger charge is -2.23. The van der Waals surface area contributed by atoms with Gasteiger partial charge in [-0.2, -0.15) is 5.10 Å². The number of amides is 1. The molecule has 0 spiro atoms. The summed E-state index contributed by atoms with van der Waals surface area (Å²) in [5.74, 6) is 0.162. The Labute approximate surface area is 103 Å². The minimum absolute atomic E-state index is 0.134. The standard InChI is InChI=1S/C12H22N4O/c1-4-15(5-2)12(17)11(3)13-8-10-16-9-6-7-14-16/h6-7,9,11,13H,4-5,8,10H2,1-3H3. The second kappa shape index (κ2) is 7.06. The number of aromatic nitrogens is 2. The molecule has 96 valence electrons. The molecule has 1 rings (SSSR count). The van der Waals surface area contributed by atoms with Gasteiger partial charge in [0.2, 0.25) is 5.91 Å². The smallest absolute Gasteiger partial charge is 0.239 e. The molecular weight excluding hydrogens is 216 g/mol. The lowest BCUT2D eigenvalue weighted by atomic mass is 10.3. The molecule has 1 unspecified atom stereocenters. The van der Waals surface area contributed by atoms with Crippen molar-refractivity contribution in [3.63, 3.8) is 0 Å². The molecule has 17 heavy (non-hydrogen) atoms. The van der Waals surface area contributed by atoms with Crippen LogP contribution in [0.3, 0.4) is 0 Å². The van der Waals surface area contributed by atoms with E-state index in [0.717, 1.165) is 26.2 Å². The predicted octanol–water partition coefficient (Wildman–Crippen LogP) is 0.730. The van der Waals surface area contributed by atoms with Crippen LogP contribution in [0.4, 0.5) is 0 Å². The van der Waals surface area contributed by atoms with Crippen LogP contribution in [0.25, 0.3) is 0 Å². The van der Waals surface area contributed by atoms with E-state index in [1.54, 1.807) is 6.20 Å². The van der Waals surface area contributed by atoms with Crippen LogP contribution in [0.2, 0.25) is 0 Å². The number of carbonyl (C=O) groups excluding carboxylic acids is 1. The maximum atomic E-state index is 11.9. The molecule has 0 bridgehead atoms. The molecule has 0 fully saturated rings. The van der Waals surface area contributed by atoms with Crippen LogP contribution in [0.1, 0.15) is 20.8 Å². The second-order valence-corrected chi connectivity index (χ2v) is 3.96. The fraction of sp³-hybridized carbons (Fsp3) is 0.667. The largest absolute Gasteiger partial charge is 0.342 e. The van der Waals surface area contributed by atoms with E-state index in [1.807, 2.05) is 42.6 Å². The lowest BCUT2D eigenvalue weighted by molar-refractivity contribution is -0.132. The molecule has 1 amide bonds. The third kappa shape index (κ3) is 4.19. The zero-order chi connectivity index (χ0) is 12.7. The molecule has 0 saturated heterocycles. The van der Waals surface area contributed by atoms with Gasteiger partial charge in [-0.15, -0.1) is 0 Å². The molecule has 5 heteroatoms. The van der Waals surface area contributed by atoms with Gasteiger partial charge < -0.3 is 10.2 Å². The molecule has 5 nitrogen and oxygen atoms in total. The van der Waals surface area contributed by atoms with Gasteiger partial charge in [0.05, 0.1) is 12.6 Å². The molecule has 0 saturated carbocycles. The minimum Gasteiger partial charge on any atom is -0.342 e.